The van der Waals surface area contributed by atoms with Crippen LogP contribution in [0.3, 0.4) is 0 Å². The molecule has 0 unspecified atom stereocenters. The maximum Gasteiger partial charge on any atom is 0.321 e. The van der Waals surface area contributed by atoms with E-state index in [1.165, 1.54) is 11.8 Å². The van der Waals surface area contributed by atoms with E-state index in [0.717, 1.165) is 33.5 Å². The summed E-state index contributed by atoms with van der Waals surface area (Å²) in [7, 11) is 0. The van der Waals surface area contributed by atoms with Crippen LogP contribution in [0, 0.1) is 25.2 Å². The molecule has 4 nitrogen and oxygen atoms in total. The molecular weight excluding hydrogens is 428 g/mol. The molecule has 1 heterocycles. The number of esters is 1. The van der Waals surface area contributed by atoms with Crippen LogP contribution in [0.25, 0.3) is 22.4 Å². The van der Waals surface area contributed by atoms with Gasteiger partial charge in [-0.3, -0.25) is 4.79 Å². The lowest BCUT2D eigenvalue weighted by Gasteiger charge is -2.13. The Bertz CT molecular complexity index is 1310. The highest BCUT2D eigenvalue weighted by Gasteiger charge is 2.18. The summed E-state index contributed by atoms with van der Waals surface area (Å²) in [5.41, 5.74) is 5.67. The van der Waals surface area contributed by atoms with Crippen LogP contribution in [0.1, 0.15) is 16.7 Å². The number of benzene rings is 3. The van der Waals surface area contributed by atoms with Gasteiger partial charge in [-0.25, -0.2) is 4.98 Å². The first-order chi connectivity index (χ1) is 16.1. The van der Waals surface area contributed by atoms with Crippen molar-refractivity contribution in [2.24, 2.45) is 0 Å². The average Bonchev–Trinajstić information content (AvgIpc) is 2.85. The van der Waals surface area contributed by atoms with Gasteiger partial charge < -0.3 is 4.74 Å². The number of aryl methyl sites for hydroxylation is 2. The summed E-state index contributed by atoms with van der Waals surface area (Å²) in [4.78, 5) is 17.4. The van der Waals surface area contributed by atoms with E-state index >= 15 is 0 Å². The number of aromatic nitrogens is 1. The zero-order valence-electron chi connectivity index (χ0n) is 18.4. The average molecular weight is 451 g/mol. The van der Waals surface area contributed by atoms with Crippen molar-refractivity contribution < 1.29 is 9.53 Å². The van der Waals surface area contributed by atoms with Crippen LogP contribution < -0.4 is 4.74 Å². The van der Waals surface area contributed by atoms with Gasteiger partial charge in [-0.2, -0.15) is 5.26 Å². The Kier molecular flexibility index (Phi) is 6.87. The lowest BCUT2D eigenvalue weighted by Crippen LogP contribution is -2.12. The quantitative estimate of drug-likeness (QED) is 0.188. The molecule has 0 aliphatic carbocycles. The maximum atomic E-state index is 12.6. The van der Waals surface area contributed by atoms with Gasteiger partial charge in [0.05, 0.1) is 17.0 Å². The van der Waals surface area contributed by atoms with Crippen molar-refractivity contribution in [2.75, 3.05) is 5.75 Å². The van der Waals surface area contributed by atoms with E-state index < -0.39 is 0 Å². The molecule has 3 aromatic carbocycles. The Morgan fingerprint density at radius 1 is 0.909 bits per heavy atom. The van der Waals surface area contributed by atoms with Gasteiger partial charge in [0, 0.05) is 11.1 Å². The zero-order chi connectivity index (χ0) is 23.2. The largest absolute Gasteiger partial charge is 0.425 e. The van der Waals surface area contributed by atoms with E-state index in [4.69, 9.17) is 9.72 Å². The van der Waals surface area contributed by atoms with Crippen LogP contribution in [0.4, 0.5) is 0 Å². The van der Waals surface area contributed by atoms with Crippen LogP contribution in [-0.2, 0) is 4.79 Å². The van der Waals surface area contributed by atoms with E-state index in [1.54, 1.807) is 0 Å². The first kappa shape index (κ1) is 22.3. The third-order valence-corrected chi connectivity index (χ3v) is 6.15. The molecule has 0 spiro atoms. The number of nitrogens with zero attached hydrogens (tertiary/aromatic N) is 2. The Morgan fingerprint density at radius 2 is 1.52 bits per heavy atom. The first-order valence-corrected chi connectivity index (χ1v) is 11.5. The molecule has 0 saturated heterocycles. The van der Waals surface area contributed by atoms with Crippen LogP contribution >= 0.6 is 11.8 Å². The van der Waals surface area contributed by atoms with Crippen molar-refractivity contribution in [2.45, 2.75) is 18.9 Å². The van der Waals surface area contributed by atoms with Gasteiger partial charge in [-0.1, -0.05) is 90.6 Å². The smallest absolute Gasteiger partial charge is 0.321 e. The molecule has 0 fully saturated rings. The van der Waals surface area contributed by atoms with E-state index in [-0.39, 0.29) is 11.7 Å². The molecule has 4 rings (SSSR count). The Balaban J connectivity index is 1.68. The molecule has 0 N–H and O–H groups in total. The second-order valence-corrected chi connectivity index (χ2v) is 8.53. The van der Waals surface area contributed by atoms with Crippen molar-refractivity contribution in [3.05, 3.63) is 102 Å². The highest BCUT2D eigenvalue weighted by molar-refractivity contribution is 7.99. The van der Waals surface area contributed by atoms with Crippen molar-refractivity contribution in [3.63, 3.8) is 0 Å². The fraction of sp³-hybridized carbons (Fsp3) is 0.107. The summed E-state index contributed by atoms with van der Waals surface area (Å²) in [6, 6.07) is 29.5. The van der Waals surface area contributed by atoms with Crippen molar-refractivity contribution in [1.82, 2.24) is 4.98 Å². The predicted octanol–water partition coefficient (Wildman–Crippen LogP) is 6.60. The van der Waals surface area contributed by atoms with Crippen molar-refractivity contribution in [3.8, 4) is 34.2 Å². The predicted molar refractivity (Wildman–Crippen MR) is 132 cm³/mol. The standard InChI is InChI=1S/C28H22N2O2S/c1-19-10-9-11-20(2)27(19)32-26(31)18-33-28-24(17-29)23(21-12-5-3-6-13-21)16-25(30-28)22-14-7-4-8-15-22/h3-16H,18H2,1-2H3. The van der Waals surface area contributed by atoms with Crippen LogP contribution in [-0.4, -0.2) is 16.7 Å². The Hall–Kier alpha value is -3.88. The number of thioether (sulfide) groups is 1. The molecule has 33 heavy (non-hydrogen) atoms. The van der Waals surface area contributed by atoms with E-state index in [2.05, 4.69) is 6.07 Å². The van der Waals surface area contributed by atoms with Gasteiger partial charge >= 0.3 is 5.97 Å². The summed E-state index contributed by atoms with van der Waals surface area (Å²) in [6.45, 7) is 3.82. The van der Waals surface area contributed by atoms with Crippen LogP contribution in [0.5, 0.6) is 5.75 Å². The normalized spacial score (nSPS) is 10.5. The SMILES string of the molecule is Cc1cccc(C)c1OC(=O)CSc1nc(-c2ccccc2)cc(-c2ccccc2)c1C#N. The van der Waals surface area contributed by atoms with Gasteiger partial charge in [-0.05, 0) is 36.6 Å². The Morgan fingerprint density at radius 3 is 2.12 bits per heavy atom. The minimum Gasteiger partial charge on any atom is -0.425 e. The number of carbonyl (C=O) groups is 1. The van der Waals surface area contributed by atoms with Crippen molar-refractivity contribution in [1.29, 1.82) is 5.26 Å². The van der Waals surface area contributed by atoms with Gasteiger partial charge in [0.2, 0.25) is 0 Å². The fourth-order valence-corrected chi connectivity index (χ4v) is 4.34. The molecular formula is C28H22N2O2S. The number of pyridine rings is 1. The fourth-order valence-electron chi connectivity index (χ4n) is 3.57. The van der Waals surface area contributed by atoms with E-state index in [0.29, 0.717) is 16.3 Å². The van der Waals surface area contributed by atoms with Crippen LogP contribution in [0.15, 0.2) is 90.0 Å². The zero-order valence-corrected chi connectivity index (χ0v) is 19.2. The van der Waals surface area contributed by atoms with Crippen LogP contribution in [0.2, 0.25) is 0 Å². The van der Waals surface area contributed by atoms with Gasteiger partial charge in [0.1, 0.15) is 16.8 Å². The summed E-state index contributed by atoms with van der Waals surface area (Å²) in [6.07, 6.45) is 0. The number of nitriles is 1. The summed E-state index contributed by atoms with van der Waals surface area (Å²) in [5.74, 6) is 0.246. The Labute approximate surface area is 197 Å². The molecule has 0 radical (unpaired) electrons. The molecule has 0 saturated carbocycles. The van der Waals surface area contributed by atoms with E-state index in [1.807, 2.05) is 98.8 Å². The third-order valence-electron chi connectivity index (χ3n) is 5.20. The topological polar surface area (TPSA) is 63.0 Å². The number of hydrogen-bond donors (Lipinski definition) is 0. The lowest BCUT2D eigenvalue weighted by molar-refractivity contribution is -0.131. The molecule has 5 heteroatoms. The van der Waals surface area contributed by atoms with Gasteiger partial charge in [0.25, 0.3) is 0 Å². The minimum atomic E-state index is -0.380. The highest BCUT2D eigenvalue weighted by atomic mass is 32.2. The van der Waals surface area contributed by atoms with E-state index in [9.17, 15) is 10.1 Å². The molecule has 0 amide bonds. The molecule has 162 valence electrons. The molecule has 0 atom stereocenters. The monoisotopic (exact) mass is 450 g/mol. The van der Waals surface area contributed by atoms with Gasteiger partial charge in [-0.15, -0.1) is 0 Å². The summed E-state index contributed by atoms with van der Waals surface area (Å²) < 4.78 is 5.63. The second kappa shape index (κ2) is 10.2. The second-order valence-electron chi connectivity index (χ2n) is 7.56. The minimum absolute atomic E-state index is 0.0436. The summed E-state index contributed by atoms with van der Waals surface area (Å²) >= 11 is 1.22. The molecule has 4 aromatic rings. The molecule has 0 bridgehead atoms. The number of carbonyl (C=O) groups excluding carboxylic acids is 1. The first-order valence-electron chi connectivity index (χ1n) is 10.5. The molecule has 1 aromatic heterocycles. The number of hydrogen-bond acceptors (Lipinski definition) is 5. The lowest BCUT2D eigenvalue weighted by atomic mass is 9.99. The number of rotatable bonds is 6. The van der Waals surface area contributed by atoms with Crippen molar-refractivity contribution >= 4 is 17.7 Å². The number of para-hydroxylation sites is 1. The third kappa shape index (κ3) is 5.14. The molecule has 0 aliphatic rings. The highest BCUT2D eigenvalue weighted by Crippen LogP contribution is 2.34. The summed E-state index contributed by atoms with van der Waals surface area (Å²) in [5, 5.41) is 10.5. The van der Waals surface area contributed by atoms with Gasteiger partial charge in [0.15, 0.2) is 0 Å². The number of ether oxygens (including phenoxy) is 1. The maximum absolute atomic E-state index is 12.6. The molecule has 0 aliphatic heterocycles.